The van der Waals surface area contributed by atoms with Crippen molar-refractivity contribution in [2.24, 2.45) is 0 Å². The molecule has 0 amide bonds. The first kappa shape index (κ1) is 12.0. The third kappa shape index (κ3) is 2.31. The number of hydrogen-bond donors (Lipinski definition) is 1. The quantitative estimate of drug-likeness (QED) is 0.938. The Hall–Kier alpha value is -1.82. The Balaban J connectivity index is 1.48. The molecular weight excluding hydrogens is 274 g/mol. The topological polar surface area (TPSA) is 56.3 Å². The molecular formula is C14H15N3O2S. The van der Waals surface area contributed by atoms with Crippen LogP contribution in [0.5, 0.6) is 11.5 Å². The number of nitrogens with one attached hydrogen (secondary N) is 1. The summed E-state index contributed by atoms with van der Waals surface area (Å²) in [6.45, 7) is 1.89. The number of aromatic nitrogens is 2. The summed E-state index contributed by atoms with van der Waals surface area (Å²) >= 11 is 1.65. The molecule has 1 aliphatic carbocycles. The second-order valence-electron chi connectivity index (χ2n) is 5.01. The molecule has 1 fully saturated rings. The van der Waals surface area contributed by atoms with Gasteiger partial charge >= 0.3 is 0 Å². The summed E-state index contributed by atoms with van der Waals surface area (Å²) in [4.78, 5) is 0. The van der Waals surface area contributed by atoms with Gasteiger partial charge in [0.05, 0.1) is 0 Å². The van der Waals surface area contributed by atoms with Crippen molar-refractivity contribution in [3.05, 3.63) is 28.8 Å². The number of hydrogen-bond acceptors (Lipinski definition) is 6. The number of para-hydroxylation sites is 1. The first-order valence-corrected chi connectivity index (χ1v) is 7.66. The van der Waals surface area contributed by atoms with Crippen molar-refractivity contribution >= 4 is 16.5 Å². The number of benzene rings is 1. The first-order valence-electron chi connectivity index (χ1n) is 6.85. The molecule has 1 aromatic carbocycles. The molecule has 1 saturated carbocycles. The molecule has 0 saturated heterocycles. The summed E-state index contributed by atoms with van der Waals surface area (Å²) in [5.41, 5.74) is 1.09. The van der Waals surface area contributed by atoms with Gasteiger partial charge in [-0.25, -0.2) is 0 Å². The lowest BCUT2D eigenvalue weighted by molar-refractivity contribution is 0.170. The molecule has 4 rings (SSSR count). The van der Waals surface area contributed by atoms with E-state index in [1.807, 2.05) is 18.2 Å². The summed E-state index contributed by atoms with van der Waals surface area (Å²) < 4.78 is 11.3. The van der Waals surface area contributed by atoms with Crippen LogP contribution in [0.25, 0.3) is 0 Å². The third-order valence-electron chi connectivity index (χ3n) is 3.45. The lowest BCUT2D eigenvalue weighted by Gasteiger charge is -2.20. The van der Waals surface area contributed by atoms with Gasteiger partial charge in [0.1, 0.15) is 18.2 Å². The standard InChI is InChI=1S/C14H15N3O2S/c1-2-10(12-11(3-1)18-6-7-19-12)8-15-14-17-16-13(20-14)9-4-5-9/h1-3,9H,4-8H2,(H,15,17). The van der Waals surface area contributed by atoms with Gasteiger partial charge in [-0.2, -0.15) is 0 Å². The van der Waals surface area contributed by atoms with Gasteiger partial charge in [0.25, 0.3) is 0 Å². The first-order chi connectivity index (χ1) is 9.90. The predicted octanol–water partition coefficient (Wildman–Crippen LogP) is 2.80. The second kappa shape index (κ2) is 4.94. The molecule has 1 N–H and O–H groups in total. The Kier molecular flexibility index (Phi) is 2.95. The lowest BCUT2D eigenvalue weighted by atomic mass is 10.2. The molecule has 2 heterocycles. The fraction of sp³-hybridized carbons (Fsp3) is 0.429. The maximum absolute atomic E-state index is 5.70. The summed E-state index contributed by atoms with van der Waals surface area (Å²) in [6.07, 6.45) is 2.51. The van der Waals surface area contributed by atoms with Gasteiger partial charge in [0.15, 0.2) is 11.5 Å². The van der Waals surface area contributed by atoms with E-state index < -0.39 is 0 Å². The molecule has 5 nitrogen and oxygen atoms in total. The molecule has 2 aromatic rings. The van der Waals surface area contributed by atoms with Crippen molar-refractivity contribution < 1.29 is 9.47 Å². The van der Waals surface area contributed by atoms with E-state index in [-0.39, 0.29) is 0 Å². The van der Waals surface area contributed by atoms with Crippen molar-refractivity contribution in [3.63, 3.8) is 0 Å². The van der Waals surface area contributed by atoms with Crippen molar-refractivity contribution in [2.45, 2.75) is 25.3 Å². The molecule has 1 aromatic heterocycles. The number of anilines is 1. The smallest absolute Gasteiger partial charge is 0.205 e. The van der Waals surface area contributed by atoms with Crippen molar-refractivity contribution in [3.8, 4) is 11.5 Å². The molecule has 0 radical (unpaired) electrons. The number of fused-ring (bicyclic) bond motifs is 1. The summed E-state index contributed by atoms with van der Waals surface area (Å²) in [5, 5.41) is 13.8. The van der Waals surface area contributed by atoms with Crippen LogP contribution in [-0.2, 0) is 6.54 Å². The average Bonchev–Trinajstić information content (AvgIpc) is 3.24. The van der Waals surface area contributed by atoms with Crippen molar-refractivity contribution in [2.75, 3.05) is 18.5 Å². The van der Waals surface area contributed by atoms with Crippen LogP contribution in [0.4, 0.5) is 5.13 Å². The van der Waals surface area contributed by atoms with Crippen LogP contribution in [0, 0.1) is 0 Å². The molecule has 0 bridgehead atoms. The highest BCUT2D eigenvalue weighted by Crippen LogP contribution is 2.42. The third-order valence-corrected chi connectivity index (χ3v) is 4.49. The van der Waals surface area contributed by atoms with Crippen LogP contribution >= 0.6 is 11.3 Å². The van der Waals surface area contributed by atoms with Crippen molar-refractivity contribution in [1.82, 2.24) is 10.2 Å². The molecule has 1 aliphatic heterocycles. The number of ether oxygens (including phenoxy) is 2. The highest BCUT2D eigenvalue weighted by molar-refractivity contribution is 7.15. The molecule has 104 valence electrons. The Bertz CT molecular complexity index is 625. The van der Waals surface area contributed by atoms with Gasteiger partial charge in [-0.15, -0.1) is 10.2 Å². The summed E-state index contributed by atoms with van der Waals surface area (Å²) in [6, 6.07) is 5.97. The second-order valence-corrected chi connectivity index (χ2v) is 6.02. The highest BCUT2D eigenvalue weighted by Gasteiger charge is 2.27. The Morgan fingerprint density at radius 3 is 3.00 bits per heavy atom. The minimum Gasteiger partial charge on any atom is -0.486 e. The van der Waals surface area contributed by atoms with Crippen LogP contribution in [0.2, 0.25) is 0 Å². The fourth-order valence-corrected chi connectivity index (χ4v) is 3.15. The summed E-state index contributed by atoms with van der Waals surface area (Å²) in [5.74, 6) is 2.33. The molecule has 20 heavy (non-hydrogen) atoms. The van der Waals surface area contributed by atoms with Crippen molar-refractivity contribution in [1.29, 1.82) is 0 Å². The minimum absolute atomic E-state index is 0.606. The molecule has 0 unspecified atom stereocenters. The van der Waals surface area contributed by atoms with E-state index in [0.29, 0.717) is 25.7 Å². The van der Waals surface area contributed by atoms with Gasteiger partial charge in [0, 0.05) is 18.0 Å². The predicted molar refractivity (Wildman–Crippen MR) is 76.6 cm³/mol. The molecule has 2 aliphatic rings. The number of nitrogens with zero attached hydrogens (tertiary/aromatic N) is 2. The van der Waals surface area contributed by atoms with E-state index in [1.54, 1.807) is 11.3 Å². The van der Waals surface area contributed by atoms with Crippen LogP contribution in [0.3, 0.4) is 0 Å². The SMILES string of the molecule is c1cc(CNc2nnc(C3CC3)s2)c2c(c1)OCCO2. The fourth-order valence-electron chi connectivity index (χ4n) is 2.25. The minimum atomic E-state index is 0.606. The van der Waals surface area contributed by atoms with E-state index in [9.17, 15) is 0 Å². The highest BCUT2D eigenvalue weighted by atomic mass is 32.1. The van der Waals surface area contributed by atoms with E-state index in [0.717, 1.165) is 27.2 Å². The zero-order valence-corrected chi connectivity index (χ0v) is 11.8. The van der Waals surface area contributed by atoms with E-state index in [2.05, 4.69) is 15.5 Å². The average molecular weight is 289 g/mol. The van der Waals surface area contributed by atoms with Gasteiger partial charge in [-0.3, -0.25) is 0 Å². The van der Waals surface area contributed by atoms with Crippen LogP contribution in [0.1, 0.15) is 29.3 Å². The lowest BCUT2D eigenvalue weighted by Crippen LogP contribution is -2.17. The van der Waals surface area contributed by atoms with E-state index >= 15 is 0 Å². The van der Waals surface area contributed by atoms with Crippen LogP contribution < -0.4 is 14.8 Å². The van der Waals surface area contributed by atoms with Gasteiger partial charge in [0.2, 0.25) is 5.13 Å². The maximum Gasteiger partial charge on any atom is 0.205 e. The molecule has 6 heteroatoms. The van der Waals surface area contributed by atoms with Crippen LogP contribution in [-0.4, -0.2) is 23.4 Å². The van der Waals surface area contributed by atoms with E-state index in [4.69, 9.17) is 9.47 Å². The largest absolute Gasteiger partial charge is 0.486 e. The Morgan fingerprint density at radius 1 is 1.20 bits per heavy atom. The zero-order chi connectivity index (χ0) is 13.4. The Labute approximate surface area is 120 Å². The number of rotatable bonds is 4. The summed E-state index contributed by atoms with van der Waals surface area (Å²) in [7, 11) is 0. The molecule has 0 atom stereocenters. The van der Waals surface area contributed by atoms with E-state index in [1.165, 1.54) is 12.8 Å². The normalized spacial score (nSPS) is 17.0. The van der Waals surface area contributed by atoms with Crippen LogP contribution in [0.15, 0.2) is 18.2 Å². The van der Waals surface area contributed by atoms with Gasteiger partial charge in [-0.1, -0.05) is 23.5 Å². The van der Waals surface area contributed by atoms with Gasteiger partial charge in [-0.05, 0) is 18.9 Å². The monoisotopic (exact) mass is 289 g/mol. The van der Waals surface area contributed by atoms with Gasteiger partial charge < -0.3 is 14.8 Å². The zero-order valence-electron chi connectivity index (χ0n) is 11.0. The maximum atomic E-state index is 5.70. The molecule has 0 spiro atoms. The Morgan fingerprint density at radius 2 is 2.10 bits per heavy atom.